The zero-order chi connectivity index (χ0) is 19.8. The minimum Gasteiger partial charge on any atom is -0.464 e. The number of ether oxygens (including phenoxy) is 1. The molecule has 8 nitrogen and oxygen atoms in total. The first-order valence-electron chi connectivity index (χ1n) is 8.76. The Bertz CT molecular complexity index is 1090. The molecular weight excluding hydrogens is 380 g/mol. The maximum Gasteiger partial charge on any atom is 0.354 e. The van der Waals surface area contributed by atoms with Crippen molar-refractivity contribution in [2.24, 2.45) is 0 Å². The highest BCUT2D eigenvalue weighted by atomic mass is 32.1. The minimum absolute atomic E-state index is 0.0828. The number of esters is 1. The van der Waals surface area contributed by atoms with Gasteiger partial charge in [0.1, 0.15) is 11.4 Å². The number of fused-ring (bicyclic) bond motifs is 1. The molecule has 0 bridgehead atoms. The van der Waals surface area contributed by atoms with Crippen LogP contribution in [0.5, 0.6) is 0 Å². The van der Waals surface area contributed by atoms with Gasteiger partial charge in [-0.2, -0.15) is 0 Å². The maximum atomic E-state index is 12.7. The number of ketones is 1. The average Bonchev–Trinajstić information content (AvgIpc) is 3.40. The summed E-state index contributed by atoms with van der Waals surface area (Å²) in [6, 6.07) is 1.64. The van der Waals surface area contributed by atoms with Crippen LogP contribution in [0.4, 0.5) is 5.13 Å². The third kappa shape index (κ3) is 3.13. The van der Waals surface area contributed by atoms with E-state index in [2.05, 4.69) is 25.0 Å². The molecule has 1 amide bonds. The second-order valence-electron chi connectivity index (χ2n) is 6.54. The number of methoxy groups -OCH3 is 1. The van der Waals surface area contributed by atoms with Crippen molar-refractivity contribution in [3.8, 4) is 11.3 Å². The molecule has 0 aromatic carbocycles. The first-order chi connectivity index (χ1) is 13.5. The highest BCUT2D eigenvalue weighted by molar-refractivity contribution is 7.14. The van der Waals surface area contributed by atoms with E-state index in [0.717, 1.165) is 18.5 Å². The van der Waals surface area contributed by atoms with Crippen molar-refractivity contribution in [2.45, 2.75) is 26.2 Å². The average molecular weight is 398 g/mol. The molecule has 0 radical (unpaired) electrons. The van der Waals surface area contributed by atoms with Gasteiger partial charge in [-0.1, -0.05) is 0 Å². The molecule has 0 spiro atoms. The fraction of sp³-hybridized carbons (Fsp3) is 0.263. The number of aromatic nitrogens is 3. The number of hydrogen-bond acceptors (Lipinski definition) is 6. The number of H-pyrrole nitrogens is 2. The topological polar surface area (TPSA) is 117 Å². The SMILES string of the molecule is COC(=O)c1cc(-c2csc(NC(=O)c3[nH]c4c(c3C)C(=O)CCC4)n2)c[nH]1. The van der Waals surface area contributed by atoms with Crippen LogP contribution in [0.1, 0.15) is 55.4 Å². The molecule has 144 valence electrons. The van der Waals surface area contributed by atoms with Crippen molar-refractivity contribution in [1.82, 2.24) is 15.0 Å². The van der Waals surface area contributed by atoms with Crippen molar-refractivity contribution >= 4 is 34.1 Å². The first kappa shape index (κ1) is 18.2. The van der Waals surface area contributed by atoms with E-state index in [-0.39, 0.29) is 11.7 Å². The van der Waals surface area contributed by atoms with Gasteiger partial charge < -0.3 is 14.7 Å². The fourth-order valence-electron chi connectivity index (χ4n) is 3.39. The van der Waals surface area contributed by atoms with E-state index in [1.165, 1.54) is 18.4 Å². The lowest BCUT2D eigenvalue weighted by Crippen LogP contribution is -2.13. The summed E-state index contributed by atoms with van der Waals surface area (Å²) >= 11 is 1.28. The van der Waals surface area contributed by atoms with Gasteiger partial charge in [-0.05, 0) is 31.4 Å². The lowest BCUT2D eigenvalue weighted by Gasteiger charge is -2.09. The summed E-state index contributed by atoms with van der Waals surface area (Å²) in [5.74, 6) is -0.708. The molecule has 1 aliphatic rings. The Labute approximate surface area is 164 Å². The van der Waals surface area contributed by atoms with E-state index in [9.17, 15) is 14.4 Å². The van der Waals surface area contributed by atoms with Gasteiger partial charge in [-0.15, -0.1) is 11.3 Å². The molecule has 28 heavy (non-hydrogen) atoms. The summed E-state index contributed by atoms with van der Waals surface area (Å²) in [6.45, 7) is 1.79. The molecule has 0 unspecified atom stereocenters. The number of aromatic amines is 2. The third-order valence-electron chi connectivity index (χ3n) is 4.77. The molecule has 4 rings (SSSR count). The predicted molar refractivity (Wildman–Crippen MR) is 104 cm³/mol. The molecule has 3 aromatic heterocycles. The van der Waals surface area contributed by atoms with Crippen LogP contribution in [0, 0.1) is 6.92 Å². The van der Waals surface area contributed by atoms with E-state index < -0.39 is 5.97 Å². The Morgan fingerprint density at radius 2 is 2.14 bits per heavy atom. The van der Waals surface area contributed by atoms with Gasteiger partial charge >= 0.3 is 5.97 Å². The minimum atomic E-state index is -0.462. The molecular formula is C19H18N4O4S. The van der Waals surface area contributed by atoms with E-state index in [1.54, 1.807) is 24.6 Å². The molecule has 3 heterocycles. The van der Waals surface area contributed by atoms with Crippen LogP contribution in [-0.2, 0) is 11.2 Å². The number of amides is 1. The van der Waals surface area contributed by atoms with Crippen LogP contribution in [0.2, 0.25) is 0 Å². The van der Waals surface area contributed by atoms with Crippen LogP contribution < -0.4 is 5.32 Å². The zero-order valence-electron chi connectivity index (χ0n) is 15.3. The molecule has 9 heteroatoms. The summed E-state index contributed by atoms with van der Waals surface area (Å²) in [7, 11) is 1.31. The Balaban J connectivity index is 1.53. The Kier molecular flexibility index (Phi) is 4.60. The third-order valence-corrected chi connectivity index (χ3v) is 5.53. The predicted octanol–water partition coefficient (Wildman–Crippen LogP) is 3.33. The second kappa shape index (κ2) is 7.08. The van der Waals surface area contributed by atoms with E-state index in [0.29, 0.717) is 45.3 Å². The summed E-state index contributed by atoms with van der Waals surface area (Å²) < 4.78 is 4.67. The van der Waals surface area contributed by atoms with Gasteiger partial charge in [-0.25, -0.2) is 9.78 Å². The quantitative estimate of drug-likeness (QED) is 0.583. The van der Waals surface area contributed by atoms with Gasteiger partial charge in [0, 0.05) is 34.8 Å². The second-order valence-corrected chi connectivity index (χ2v) is 7.40. The number of carbonyl (C=O) groups is 3. The normalized spacial score (nSPS) is 13.3. The van der Waals surface area contributed by atoms with Crippen LogP contribution >= 0.6 is 11.3 Å². The van der Waals surface area contributed by atoms with Gasteiger partial charge in [0.2, 0.25) is 0 Å². The van der Waals surface area contributed by atoms with Crippen molar-refractivity contribution in [2.75, 3.05) is 12.4 Å². The van der Waals surface area contributed by atoms with Crippen molar-refractivity contribution in [3.63, 3.8) is 0 Å². The standard InChI is InChI=1S/C19H18N4O4S/c1-9-15-11(4-3-5-14(15)24)21-16(9)17(25)23-19-22-13(8-28-19)10-6-12(20-7-10)18(26)27-2/h6-8,20-21H,3-5H2,1-2H3,(H,22,23,25). The molecule has 0 fully saturated rings. The fourth-order valence-corrected chi connectivity index (χ4v) is 4.11. The van der Waals surface area contributed by atoms with Crippen LogP contribution in [-0.4, -0.2) is 39.7 Å². The molecule has 0 saturated carbocycles. The maximum absolute atomic E-state index is 12.7. The summed E-state index contributed by atoms with van der Waals surface area (Å²) in [5, 5.41) is 5.00. The van der Waals surface area contributed by atoms with Gasteiger partial charge in [0.15, 0.2) is 10.9 Å². The highest BCUT2D eigenvalue weighted by Gasteiger charge is 2.26. The summed E-state index contributed by atoms with van der Waals surface area (Å²) in [6.07, 6.45) is 3.74. The highest BCUT2D eigenvalue weighted by Crippen LogP contribution is 2.29. The number of hydrogen-bond donors (Lipinski definition) is 3. The smallest absolute Gasteiger partial charge is 0.354 e. The lowest BCUT2D eigenvalue weighted by atomic mass is 9.94. The first-order valence-corrected chi connectivity index (χ1v) is 9.64. The van der Waals surface area contributed by atoms with Crippen molar-refractivity contribution in [3.05, 3.63) is 45.9 Å². The number of rotatable bonds is 4. The number of aryl methyl sites for hydroxylation is 1. The monoisotopic (exact) mass is 398 g/mol. The number of nitrogens with zero attached hydrogens (tertiary/aromatic N) is 1. The number of anilines is 1. The summed E-state index contributed by atoms with van der Waals surface area (Å²) in [5.41, 5.74) is 4.24. The molecule has 0 atom stereocenters. The Hall–Kier alpha value is -3.20. The molecule has 1 aliphatic carbocycles. The van der Waals surface area contributed by atoms with Crippen LogP contribution in [0.3, 0.4) is 0 Å². The molecule has 0 saturated heterocycles. The van der Waals surface area contributed by atoms with Gasteiger partial charge in [-0.3, -0.25) is 14.9 Å². The Morgan fingerprint density at radius 3 is 2.89 bits per heavy atom. The number of thiazole rings is 1. The van der Waals surface area contributed by atoms with E-state index in [1.807, 2.05) is 0 Å². The Morgan fingerprint density at radius 1 is 1.32 bits per heavy atom. The summed E-state index contributed by atoms with van der Waals surface area (Å²) in [4.78, 5) is 46.7. The van der Waals surface area contributed by atoms with Crippen LogP contribution in [0.15, 0.2) is 17.6 Å². The van der Waals surface area contributed by atoms with Crippen LogP contribution in [0.25, 0.3) is 11.3 Å². The van der Waals surface area contributed by atoms with Gasteiger partial charge in [0.05, 0.1) is 12.8 Å². The van der Waals surface area contributed by atoms with E-state index in [4.69, 9.17) is 0 Å². The van der Waals surface area contributed by atoms with Crippen molar-refractivity contribution < 1.29 is 19.1 Å². The lowest BCUT2D eigenvalue weighted by molar-refractivity contribution is 0.0594. The zero-order valence-corrected chi connectivity index (χ0v) is 16.2. The van der Waals surface area contributed by atoms with Crippen molar-refractivity contribution in [1.29, 1.82) is 0 Å². The molecule has 3 aromatic rings. The number of carbonyl (C=O) groups excluding carboxylic acids is 3. The molecule has 0 aliphatic heterocycles. The number of nitrogens with one attached hydrogen (secondary N) is 3. The van der Waals surface area contributed by atoms with Gasteiger partial charge in [0.25, 0.3) is 5.91 Å². The molecule has 3 N–H and O–H groups in total. The largest absolute Gasteiger partial charge is 0.464 e. The van der Waals surface area contributed by atoms with E-state index >= 15 is 0 Å². The number of Topliss-reactive ketones (excluding diaryl/α,β-unsaturated/α-hetero) is 1.